The van der Waals surface area contributed by atoms with Gasteiger partial charge in [0.2, 0.25) is 5.78 Å². The van der Waals surface area contributed by atoms with Crippen molar-refractivity contribution in [1.29, 1.82) is 0 Å². The lowest BCUT2D eigenvalue weighted by Crippen LogP contribution is -2.60. The van der Waals surface area contributed by atoms with Crippen LogP contribution in [0.15, 0.2) is 48.9 Å². The fourth-order valence-corrected chi connectivity index (χ4v) is 5.84. The van der Waals surface area contributed by atoms with Crippen molar-refractivity contribution in [3.8, 4) is 0 Å². The first-order valence-corrected chi connectivity index (χ1v) is 10.6. The fraction of sp³-hybridized carbons (Fsp3) is 0.435. The topological polar surface area (TPSA) is 53.7 Å². The highest BCUT2D eigenvalue weighted by Gasteiger charge is 2.54. The number of hydrogen-bond donors (Lipinski definition) is 0. The molecule has 3 atom stereocenters. The van der Waals surface area contributed by atoms with E-state index in [-0.39, 0.29) is 11.9 Å². The molecule has 4 fully saturated rings. The summed E-state index contributed by atoms with van der Waals surface area (Å²) in [7, 11) is 0. The Morgan fingerprint density at radius 2 is 1.90 bits per heavy atom. The monoisotopic (exact) mass is 387 g/mol. The van der Waals surface area contributed by atoms with Crippen LogP contribution < -0.4 is 0 Å². The summed E-state index contributed by atoms with van der Waals surface area (Å²) in [4.78, 5) is 27.1. The summed E-state index contributed by atoms with van der Waals surface area (Å²) < 4.78 is 1.83. The van der Waals surface area contributed by atoms with Crippen molar-refractivity contribution in [2.24, 2.45) is 5.92 Å². The van der Waals surface area contributed by atoms with Crippen LogP contribution in [0.25, 0.3) is 5.78 Å². The normalized spacial score (nSPS) is 30.7. The molecule has 0 radical (unpaired) electrons. The molecule has 0 aliphatic carbocycles. The van der Waals surface area contributed by atoms with Crippen molar-refractivity contribution >= 4 is 11.7 Å². The summed E-state index contributed by atoms with van der Waals surface area (Å²) in [5, 5.41) is 0. The van der Waals surface area contributed by atoms with Crippen LogP contribution in [0.4, 0.5) is 0 Å². The van der Waals surface area contributed by atoms with E-state index in [4.69, 9.17) is 0 Å². The van der Waals surface area contributed by atoms with Crippen LogP contribution in [-0.4, -0.2) is 61.8 Å². The highest BCUT2D eigenvalue weighted by atomic mass is 16.2. The molecule has 0 spiro atoms. The predicted octanol–water partition coefficient (Wildman–Crippen LogP) is 2.74. The van der Waals surface area contributed by atoms with Gasteiger partial charge in [0.15, 0.2) is 0 Å². The SMILES string of the molecule is Cc1ccc([C@H]2CN(C(=O)c3cn4cccnc4n3)[C@@H]3C4CCN(CC4)[C@H]23)cc1. The van der Waals surface area contributed by atoms with Crippen LogP contribution in [0.2, 0.25) is 0 Å². The summed E-state index contributed by atoms with van der Waals surface area (Å²) >= 11 is 0. The molecule has 6 nitrogen and oxygen atoms in total. The Kier molecular flexibility index (Phi) is 3.78. The summed E-state index contributed by atoms with van der Waals surface area (Å²) in [5.74, 6) is 1.59. The first-order valence-electron chi connectivity index (χ1n) is 10.6. The van der Waals surface area contributed by atoms with Crippen LogP contribution in [0, 0.1) is 12.8 Å². The van der Waals surface area contributed by atoms with Crippen LogP contribution in [0.1, 0.15) is 40.4 Å². The average Bonchev–Trinajstić information content (AvgIpc) is 3.38. The average molecular weight is 387 g/mol. The van der Waals surface area contributed by atoms with Crippen LogP contribution in [0.5, 0.6) is 0 Å². The van der Waals surface area contributed by atoms with Crippen molar-refractivity contribution < 1.29 is 4.79 Å². The highest BCUT2D eigenvalue weighted by Crippen LogP contribution is 2.46. The molecule has 29 heavy (non-hydrogen) atoms. The molecule has 1 aromatic carbocycles. The molecule has 0 unspecified atom stereocenters. The van der Waals surface area contributed by atoms with Gasteiger partial charge in [-0.2, -0.15) is 0 Å². The smallest absolute Gasteiger partial charge is 0.274 e. The molecule has 4 aliphatic heterocycles. The largest absolute Gasteiger partial charge is 0.332 e. The number of fused-ring (bicyclic) bond motifs is 3. The molecule has 0 saturated carbocycles. The number of rotatable bonds is 2. The van der Waals surface area contributed by atoms with Crippen molar-refractivity contribution in [2.75, 3.05) is 19.6 Å². The molecule has 4 saturated heterocycles. The van der Waals surface area contributed by atoms with Gasteiger partial charge in [-0.3, -0.25) is 14.1 Å². The number of piperidine rings is 3. The van der Waals surface area contributed by atoms with Crippen LogP contribution in [-0.2, 0) is 0 Å². The van der Waals surface area contributed by atoms with Crippen molar-refractivity contribution in [3.63, 3.8) is 0 Å². The quantitative estimate of drug-likeness (QED) is 0.679. The molecule has 6 heterocycles. The molecule has 3 aromatic rings. The van der Waals surface area contributed by atoms with E-state index < -0.39 is 0 Å². The summed E-state index contributed by atoms with van der Waals surface area (Å²) in [6, 6.07) is 11.5. The van der Waals surface area contributed by atoms with Gasteiger partial charge in [0, 0.05) is 37.1 Å². The lowest BCUT2D eigenvalue weighted by Gasteiger charge is -2.51. The van der Waals surface area contributed by atoms with E-state index in [1.165, 1.54) is 24.0 Å². The molecule has 2 aromatic heterocycles. The maximum absolute atomic E-state index is 13.6. The van der Waals surface area contributed by atoms with Gasteiger partial charge in [-0.05, 0) is 50.4 Å². The Balaban J connectivity index is 1.39. The van der Waals surface area contributed by atoms with Crippen LogP contribution in [0.3, 0.4) is 0 Å². The van der Waals surface area contributed by atoms with Gasteiger partial charge in [0.25, 0.3) is 5.91 Å². The van der Waals surface area contributed by atoms with Crippen molar-refractivity contribution in [3.05, 3.63) is 65.7 Å². The number of hydrogen-bond acceptors (Lipinski definition) is 4. The molecular formula is C23H25N5O. The molecule has 6 heteroatoms. The van der Waals surface area contributed by atoms with Crippen molar-refractivity contribution in [1.82, 2.24) is 24.2 Å². The summed E-state index contributed by atoms with van der Waals surface area (Å²) in [6.07, 6.45) is 7.81. The first kappa shape index (κ1) is 17.2. The van der Waals surface area contributed by atoms with Gasteiger partial charge in [0.05, 0.1) is 6.04 Å². The van der Waals surface area contributed by atoms with E-state index in [1.807, 2.05) is 22.9 Å². The Bertz CT molecular complexity index is 1030. The zero-order valence-electron chi connectivity index (χ0n) is 16.6. The number of nitrogens with zero attached hydrogens (tertiary/aromatic N) is 5. The molecule has 2 bridgehead atoms. The minimum atomic E-state index is 0.0499. The Hall–Kier alpha value is -2.73. The second-order valence-electron chi connectivity index (χ2n) is 8.78. The number of aromatic nitrogens is 3. The Labute approximate surface area is 170 Å². The third kappa shape index (κ3) is 2.62. The van der Waals surface area contributed by atoms with E-state index in [1.54, 1.807) is 6.20 Å². The molecular weight excluding hydrogens is 362 g/mol. The number of likely N-dealkylation sites (tertiary alicyclic amines) is 1. The first-order chi connectivity index (χ1) is 14.2. The standard InChI is InChI=1S/C23H25N5O/c1-15-3-5-16(6-4-15)18-13-28(20-17-7-11-26(12-8-17)21(18)20)22(29)19-14-27-10-2-9-24-23(27)25-19/h2-6,9-10,14,17-18,20-21H,7-8,11-13H2,1H3/t18-,20-,21-/m1/s1. The number of carbonyl (C=O) groups excluding carboxylic acids is 1. The van der Waals surface area contributed by atoms with Gasteiger partial charge in [-0.25, -0.2) is 9.97 Å². The van der Waals surface area contributed by atoms with Crippen molar-refractivity contribution in [2.45, 2.75) is 37.8 Å². The molecule has 0 N–H and O–H groups in total. The van der Waals surface area contributed by atoms with E-state index in [9.17, 15) is 4.79 Å². The van der Waals surface area contributed by atoms with Gasteiger partial charge in [-0.1, -0.05) is 29.8 Å². The zero-order chi connectivity index (χ0) is 19.5. The second kappa shape index (κ2) is 6.39. The Morgan fingerprint density at radius 3 is 2.66 bits per heavy atom. The van der Waals surface area contributed by atoms with E-state index in [0.29, 0.717) is 29.3 Å². The zero-order valence-corrected chi connectivity index (χ0v) is 16.6. The minimum Gasteiger partial charge on any atom is -0.332 e. The number of amides is 1. The second-order valence-corrected chi connectivity index (χ2v) is 8.78. The maximum Gasteiger partial charge on any atom is 0.274 e. The van der Waals surface area contributed by atoms with E-state index in [0.717, 1.165) is 19.6 Å². The van der Waals surface area contributed by atoms with Gasteiger partial charge < -0.3 is 4.90 Å². The number of carbonyl (C=O) groups is 1. The van der Waals surface area contributed by atoms with E-state index >= 15 is 0 Å². The fourth-order valence-electron chi connectivity index (χ4n) is 5.84. The summed E-state index contributed by atoms with van der Waals surface area (Å²) in [5.41, 5.74) is 3.13. The molecule has 7 rings (SSSR count). The van der Waals surface area contributed by atoms with Gasteiger partial charge in [-0.15, -0.1) is 0 Å². The third-order valence-corrected chi connectivity index (χ3v) is 7.22. The summed E-state index contributed by atoms with van der Waals surface area (Å²) in [6.45, 7) is 5.22. The Morgan fingerprint density at radius 1 is 1.10 bits per heavy atom. The highest BCUT2D eigenvalue weighted by molar-refractivity contribution is 5.93. The number of benzene rings is 1. The minimum absolute atomic E-state index is 0.0499. The maximum atomic E-state index is 13.6. The third-order valence-electron chi connectivity index (χ3n) is 7.22. The number of aryl methyl sites for hydroxylation is 1. The van der Waals surface area contributed by atoms with Gasteiger partial charge in [0.1, 0.15) is 5.69 Å². The van der Waals surface area contributed by atoms with Crippen LogP contribution >= 0.6 is 0 Å². The van der Waals surface area contributed by atoms with Gasteiger partial charge >= 0.3 is 0 Å². The number of imidazole rings is 1. The predicted molar refractivity (Wildman–Crippen MR) is 110 cm³/mol. The molecule has 4 aliphatic rings. The lowest BCUT2D eigenvalue weighted by molar-refractivity contribution is -0.00356. The molecule has 148 valence electrons. The lowest BCUT2D eigenvalue weighted by atomic mass is 9.75. The molecule has 1 amide bonds. The van der Waals surface area contributed by atoms with E-state index in [2.05, 4.69) is 51.0 Å².